The van der Waals surface area contributed by atoms with E-state index in [4.69, 9.17) is 0 Å². The average molecular weight is 176 g/mol. The third-order valence-corrected chi connectivity index (χ3v) is 1.51. The van der Waals surface area contributed by atoms with Gasteiger partial charge in [-0.05, 0) is 12.8 Å². The van der Waals surface area contributed by atoms with Gasteiger partial charge in [-0.15, -0.1) is 0 Å². The van der Waals surface area contributed by atoms with E-state index in [1.54, 1.807) is 6.08 Å². The van der Waals surface area contributed by atoms with Gasteiger partial charge in [0.2, 0.25) is 0 Å². The van der Waals surface area contributed by atoms with E-state index in [0.717, 1.165) is 0 Å². The molecule has 12 heavy (non-hydrogen) atoms. The van der Waals surface area contributed by atoms with Crippen LogP contribution in [0.5, 0.6) is 0 Å². The molecule has 0 saturated heterocycles. The first-order valence-electron chi connectivity index (χ1n) is 3.50. The molecular formula is C8H7F3O. The molecule has 1 rings (SSSR count). The second-order valence-corrected chi connectivity index (χ2v) is 2.47. The van der Waals surface area contributed by atoms with E-state index in [-0.39, 0.29) is 5.57 Å². The van der Waals surface area contributed by atoms with E-state index in [9.17, 15) is 18.0 Å². The molecule has 0 unspecified atom stereocenters. The number of alkyl halides is 3. The molecule has 0 saturated carbocycles. The van der Waals surface area contributed by atoms with Crippen LogP contribution in [0.15, 0.2) is 23.8 Å². The number of rotatable bonds is 1. The molecule has 0 heterocycles. The molecule has 0 radical (unpaired) electrons. The molecule has 0 fully saturated rings. The maximum Gasteiger partial charge on any atom is 0.454 e. The Morgan fingerprint density at radius 2 is 2.00 bits per heavy atom. The van der Waals surface area contributed by atoms with Gasteiger partial charge in [-0.1, -0.05) is 18.2 Å². The minimum absolute atomic E-state index is 0.242. The molecule has 0 spiro atoms. The number of allylic oxidation sites excluding steroid dienone is 4. The molecule has 0 aromatic rings. The topological polar surface area (TPSA) is 17.1 Å². The third kappa shape index (κ3) is 1.96. The van der Waals surface area contributed by atoms with Gasteiger partial charge in [0.15, 0.2) is 0 Å². The summed E-state index contributed by atoms with van der Waals surface area (Å²) < 4.78 is 35.4. The SMILES string of the molecule is O=C(C1=CCCC=C1)C(F)(F)F. The van der Waals surface area contributed by atoms with Crippen LogP contribution in [0.2, 0.25) is 0 Å². The van der Waals surface area contributed by atoms with Crippen LogP contribution in [0, 0.1) is 0 Å². The van der Waals surface area contributed by atoms with Crippen molar-refractivity contribution in [1.82, 2.24) is 0 Å². The highest BCUT2D eigenvalue weighted by atomic mass is 19.4. The van der Waals surface area contributed by atoms with Crippen LogP contribution >= 0.6 is 0 Å². The minimum atomic E-state index is -4.74. The lowest BCUT2D eigenvalue weighted by atomic mass is 10.0. The molecule has 0 atom stereocenters. The van der Waals surface area contributed by atoms with Crippen LogP contribution in [-0.4, -0.2) is 12.0 Å². The van der Waals surface area contributed by atoms with E-state index in [1.807, 2.05) is 0 Å². The molecule has 0 N–H and O–H groups in total. The largest absolute Gasteiger partial charge is 0.454 e. The molecule has 0 bridgehead atoms. The number of hydrogen-bond acceptors (Lipinski definition) is 1. The summed E-state index contributed by atoms with van der Waals surface area (Å²) in [6.45, 7) is 0. The zero-order chi connectivity index (χ0) is 9.19. The molecular weight excluding hydrogens is 169 g/mol. The molecule has 0 aliphatic heterocycles. The summed E-state index contributed by atoms with van der Waals surface area (Å²) in [5, 5.41) is 0. The molecule has 66 valence electrons. The van der Waals surface area contributed by atoms with Crippen LogP contribution in [0.25, 0.3) is 0 Å². The Hall–Kier alpha value is -1.06. The first-order chi connectivity index (χ1) is 5.52. The highest BCUT2D eigenvalue weighted by molar-refractivity contribution is 6.02. The van der Waals surface area contributed by atoms with Gasteiger partial charge < -0.3 is 0 Å². The first-order valence-corrected chi connectivity index (χ1v) is 3.50. The number of Topliss-reactive ketones (excluding diaryl/α,β-unsaturated/α-hetero) is 1. The fourth-order valence-electron chi connectivity index (χ4n) is 0.945. The predicted octanol–water partition coefficient (Wildman–Crippen LogP) is 2.39. The number of carbonyl (C=O) groups excluding carboxylic acids is 1. The van der Waals surface area contributed by atoms with Gasteiger partial charge in [-0.2, -0.15) is 13.2 Å². The summed E-state index contributed by atoms with van der Waals surface area (Å²) in [6, 6.07) is 0. The standard InChI is InChI=1S/C8H7F3O/c9-8(10,11)7(12)6-4-2-1-3-5-6/h2,4-5H,1,3H2. The first kappa shape index (κ1) is 9.03. The van der Waals surface area contributed by atoms with Gasteiger partial charge in [-0.25, -0.2) is 0 Å². The van der Waals surface area contributed by atoms with Crippen molar-refractivity contribution in [3.63, 3.8) is 0 Å². The Bertz CT molecular complexity index is 248. The maximum absolute atomic E-state index is 11.8. The van der Waals surface area contributed by atoms with Crippen LogP contribution < -0.4 is 0 Å². The summed E-state index contributed by atoms with van der Waals surface area (Å²) in [5.41, 5.74) is -0.242. The molecule has 1 aliphatic carbocycles. The van der Waals surface area contributed by atoms with Crippen molar-refractivity contribution >= 4 is 5.78 Å². The smallest absolute Gasteiger partial charge is 0.284 e. The van der Waals surface area contributed by atoms with Gasteiger partial charge in [-0.3, -0.25) is 4.79 Å². The number of halogens is 3. The van der Waals surface area contributed by atoms with Crippen molar-refractivity contribution in [3.05, 3.63) is 23.8 Å². The summed E-state index contributed by atoms with van der Waals surface area (Å²) >= 11 is 0. The number of hydrogen-bond donors (Lipinski definition) is 0. The van der Waals surface area contributed by atoms with Crippen LogP contribution in [0.1, 0.15) is 12.8 Å². The molecule has 4 heteroatoms. The summed E-state index contributed by atoms with van der Waals surface area (Å²) in [6.07, 6.45) is 0.573. The molecule has 0 aromatic carbocycles. The van der Waals surface area contributed by atoms with Crippen molar-refractivity contribution < 1.29 is 18.0 Å². The fourth-order valence-corrected chi connectivity index (χ4v) is 0.945. The van der Waals surface area contributed by atoms with Crippen molar-refractivity contribution in [2.75, 3.05) is 0 Å². The van der Waals surface area contributed by atoms with Crippen molar-refractivity contribution in [2.24, 2.45) is 0 Å². The number of ketones is 1. The lowest BCUT2D eigenvalue weighted by Crippen LogP contribution is -2.24. The van der Waals surface area contributed by atoms with Crippen LogP contribution in [0.3, 0.4) is 0 Å². The van der Waals surface area contributed by atoms with Gasteiger partial charge >= 0.3 is 6.18 Å². The van der Waals surface area contributed by atoms with Crippen molar-refractivity contribution in [1.29, 1.82) is 0 Å². The molecule has 1 aliphatic rings. The van der Waals surface area contributed by atoms with Gasteiger partial charge in [0.05, 0.1) is 0 Å². The highest BCUT2D eigenvalue weighted by Gasteiger charge is 2.39. The minimum Gasteiger partial charge on any atom is -0.284 e. The highest BCUT2D eigenvalue weighted by Crippen LogP contribution is 2.23. The van der Waals surface area contributed by atoms with E-state index < -0.39 is 12.0 Å². The molecule has 1 nitrogen and oxygen atoms in total. The fraction of sp³-hybridized carbons (Fsp3) is 0.375. The zero-order valence-electron chi connectivity index (χ0n) is 6.19. The maximum atomic E-state index is 11.8. The average Bonchev–Trinajstić information content (AvgIpc) is 2.03. The van der Waals surface area contributed by atoms with Gasteiger partial charge in [0.1, 0.15) is 0 Å². The molecule has 0 aromatic heterocycles. The monoisotopic (exact) mass is 176 g/mol. The molecule has 0 amide bonds. The lowest BCUT2D eigenvalue weighted by molar-refractivity contribution is -0.166. The van der Waals surface area contributed by atoms with Crippen LogP contribution in [0.4, 0.5) is 13.2 Å². The summed E-state index contributed by atoms with van der Waals surface area (Å²) in [4.78, 5) is 10.6. The van der Waals surface area contributed by atoms with E-state index >= 15 is 0 Å². The summed E-state index contributed by atoms with van der Waals surface area (Å²) in [5.74, 6) is -1.75. The normalized spacial score (nSPS) is 17.4. The second kappa shape index (κ2) is 3.13. The third-order valence-electron chi connectivity index (χ3n) is 1.51. The van der Waals surface area contributed by atoms with Crippen molar-refractivity contribution in [3.8, 4) is 0 Å². The van der Waals surface area contributed by atoms with Gasteiger partial charge in [0, 0.05) is 5.57 Å². The Labute approximate surface area is 67.6 Å². The Morgan fingerprint density at radius 1 is 1.33 bits per heavy atom. The van der Waals surface area contributed by atoms with Crippen molar-refractivity contribution in [2.45, 2.75) is 19.0 Å². The predicted molar refractivity (Wildman–Crippen MR) is 37.5 cm³/mol. The quantitative estimate of drug-likeness (QED) is 0.599. The number of carbonyl (C=O) groups is 1. The van der Waals surface area contributed by atoms with E-state index in [2.05, 4.69) is 0 Å². The Kier molecular flexibility index (Phi) is 2.35. The second-order valence-electron chi connectivity index (χ2n) is 2.47. The van der Waals surface area contributed by atoms with E-state index in [1.165, 1.54) is 12.2 Å². The van der Waals surface area contributed by atoms with E-state index in [0.29, 0.717) is 12.8 Å². The lowest BCUT2D eigenvalue weighted by Gasteiger charge is -2.07. The van der Waals surface area contributed by atoms with Crippen LogP contribution in [-0.2, 0) is 4.79 Å². The summed E-state index contributed by atoms with van der Waals surface area (Å²) in [7, 11) is 0. The zero-order valence-corrected chi connectivity index (χ0v) is 6.19. The Balaban J connectivity index is 2.77. The Morgan fingerprint density at radius 3 is 2.42 bits per heavy atom. The van der Waals surface area contributed by atoms with Gasteiger partial charge in [0.25, 0.3) is 5.78 Å².